The van der Waals surface area contributed by atoms with Crippen molar-refractivity contribution in [2.45, 2.75) is 45.6 Å². The second-order valence-electron chi connectivity index (χ2n) is 2.84. The second-order valence-corrected chi connectivity index (χ2v) is 2.84. The minimum absolute atomic E-state index is 0.125. The van der Waals surface area contributed by atoms with Crippen LogP contribution in [0.25, 0.3) is 0 Å². The van der Waals surface area contributed by atoms with Gasteiger partial charge < -0.3 is 9.84 Å². The van der Waals surface area contributed by atoms with Crippen LogP contribution >= 0.6 is 0 Å². The molecule has 0 unspecified atom stereocenters. The van der Waals surface area contributed by atoms with E-state index in [1.165, 1.54) is 0 Å². The van der Waals surface area contributed by atoms with E-state index < -0.39 is 6.10 Å². The van der Waals surface area contributed by atoms with E-state index in [0.29, 0.717) is 13.0 Å². The van der Waals surface area contributed by atoms with Crippen LogP contribution in [0.5, 0.6) is 0 Å². The lowest BCUT2D eigenvalue weighted by Gasteiger charge is -2.07. The Morgan fingerprint density at radius 3 is 2.67 bits per heavy atom. The maximum Gasteiger partial charge on any atom is 0.308 e. The topological polar surface area (TPSA) is 46.5 Å². The molecule has 0 aliphatic carbocycles. The Morgan fingerprint density at radius 1 is 1.50 bits per heavy atom. The number of ether oxygens (including phenoxy) is 1. The molecule has 72 valence electrons. The van der Waals surface area contributed by atoms with Gasteiger partial charge in [-0.15, -0.1) is 0 Å². The van der Waals surface area contributed by atoms with Crippen molar-refractivity contribution >= 4 is 5.97 Å². The molecule has 3 heteroatoms. The number of esters is 1. The third kappa shape index (κ3) is 6.16. The number of aliphatic hydroxyl groups is 1. The number of unbranched alkanes of at least 4 members (excludes halogenated alkanes) is 1. The van der Waals surface area contributed by atoms with Crippen LogP contribution in [-0.4, -0.2) is 23.8 Å². The molecule has 1 atom stereocenters. The molecule has 1 N–H and O–H groups in total. The molecular weight excluding hydrogens is 156 g/mol. The van der Waals surface area contributed by atoms with Crippen molar-refractivity contribution in [2.75, 3.05) is 6.61 Å². The van der Waals surface area contributed by atoms with Crippen LogP contribution in [0.1, 0.15) is 39.5 Å². The molecule has 0 aliphatic heterocycles. The summed E-state index contributed by atoms with van der Waals surface area (Å²) in [6.07, 6.45) is 2.10. The number of hydrogen-bond acceptors (Lipinski definition) is 3. The summed E-state index contributed by atoms with van der Waals surface area (Å²) in [6, 6.07) is 0. The summed E-state index contributed by atoms with van der Waals surface area (Å²) >= 11 is 0. The van der Waals surface area contributed by atoms with Crippen LogP contribution in [-0.2, 0) is 9.53 Å². The van der Waals surface area contributed by atoms with Crippen LogP contribution < -0.4 is 0 Å². The standard InChI is InChI=1S/C9H18O3/c1-3-5-6-12-9(11)7-8(10)4-2/h8,10H,3-7H2,1-2H3/t8-/m0/s1. The highest BCUT2D eigenvalue weighted by atomic mass is 16.5. The molecule has 0 heterocycles. The lowest BCUT2D eigenvalue weighted by Crippen LogP contribution is -2.15. The van der Waals surface area contributed by atoms with Gasteiger partial charge in [0, 0.05) is 0 Å². The SMILES string of the molecule is CCCCOC(=O)C[C@@H](O)CC. The van der Waals surface area contributed by atoms with E-state index in [1.54, 1.807) is 0 Å². The Bertz CT molecular complexity index is 123. The Labute approximate surface area is 73.7 Å². The zero-order valence-corrected chi connectivity index (χ0v) is 7.88. The molecule has 0 fully saturated rings. The first-order valence-electron chi connectivity index (χ1n) is 4.54. The molecular formula is C9H18O3. The van der Waals surface area contributed by atoms with E-state index in [9.17, 15) is 4.79 Å². The molecule has 0 bridgehead atoms. The normalized spacial score (nSPS) is 12.6. The maximum absolute atomic E-state index is 10.9. The van der Waals surface area contributed by atoms with Crippen molar-refractivity contribution in [1.82, 2.24) is 0 Å². The minimum Gasteiger partial charge on any atom is -0.466 e. The Morgan fingerprint density at radius 2 is 2.17 bits per heavy atom. The summed E-state index contributed by atoms with van der Waals surface area (Å²) in [4.78, 5) is 10.9. The number of aliphatic hydroxyl groups excluding tert-OH is 1. The molecule has 0 aliphatic rings. The lowest BCUT2D eigenvalue weighted by molar-refractivity contribution is -0.146. The summed E-state index contributed by atoms with van der Waals surface area (Å²) in [5.41, 5.74) is 0. The Balaban J connectivity index is 3.33. The highest BCUT2D eigenvalue weighted by Gasteiger charge is 2.08. The first-order valence-corrected chi connectivity index (χ1v) is 4.54. The van der Waals surface area contributed by atoms with E-state index in [2.05, 4.69) is 0 Å². The van der Waals surface area contributed by atoms with Crippen LogP contribution in [0.3, 0.4) is 0 Å². The number of hydrogen-bond donors (Lipinski definition) is 1. The lowest BCUT2D eigenvalue weighted by atomic mass is 10.2. The van der Waals surface area contributed by atoms with Gasteiger partial charge in [0.25, 0.3) is 0 Å². The minimum atomic E-state index is -0.542. The molecule has 0 radical (unpaired) electrons. The highest BCUT2D eigenvalue weighted by Crippen LogP contribution is 1.99. The van der Waals surface area contributed by atoms with Gasteiger partial charge in [-0.25, -0.2) is 0 Å². The van der Waals surface area contributed by atoms with Gasteiger partial charge in [-0.2, -0.15) is 0 Å². The van der Waals surface area contributed by atoms with Gasteiger partial charge in [0.05, 0.1) is 19.1 Å². The number of carbonyl (C=O) groups is 1. The van der Waals surface area contributed by atoms with Crippen molar-refractivity contribution in [2.24, 2.45) is 0 Å². The zero-order valence-electron chi connectivity index (χ0n) is 7.88. The van der Waals surface area contributed by atoms with Gasteiger partial charge in [0.2, 0.25) is 0 Å². The van der Waals surface area contributed by atoms with Gasteiger partial charge in [0.1, 0.15) is 0 Å². The average molecular weight is 174 g/mol. The third-order valence-corrected chi connectivity index (χ3v) is 1.63. The van der Waals surface area contributed by atoms with Crippen molar-refractivity contribution < 1.29 is 14.6 Å². The largest absolute Gasteiger partial charge is 0.466 e. The number of carbonyl (C=O) groups excluding carboxylic acids is 1. The molecule has 0 aromatic carbocycles. The summed E-state index contributed by atoms with van der Waals surface area (Å²) in [7, 11) is 0. The smallest absolute Gasteiger partial charge is 0.308 e. The van der Waals surface area contributed by atoms with E-state index in [-0.39, 0.29) is 12.4 Å². The second kappa shape index (κ2) is 7.10. The van der Waals surface area contributed by atoms with Gasteiger partial charge in [-0.1, -0.05) is 20.3 Å². The van der Waals surface area contributed by atoms with E-state index >= 15 is 0 Å². The average Bonchev–Trinajstić information content (AvgIpc) is 2.05. The first kappa shape index (κ1) is 11.4. The highest BCUT2D eigenvalue weighted by molar-refractivity contribution is 5.69. The predicted octanol–water partition coefficient (Wildman–Crippen LogP) is 1.49. The molecule has 0 aromatic rings. The summed E-state index contributed by atoms with van der Waals surface area (Å²) in [5, 5.41) is 9.08. The van der Waals surface area contributed by atoms with Gasteiger partial charge in [-0.05, 0) is 12.8 Å². The Hall–Kier alpha value is -0.570. The quantitative estimate of drug-likeness (QED) is 0.490. The van der Waals surface area contributed by atoms with Crippen molar-refractivity contribution in [3.8, 4) is 0 Å². The van der Waals surface area contributed by atoms with Crippen LogP contribution in [0, 0.1) is 0 Å². The maximum atomic E-state index is 10.9. The number of rotatable bonds is 6. The summed E-state index contributed by atoms with van der Waals surface area (Å²) < 4.78 is 4.86. The van der Waals surface area contributed by atoms with Crippen molar-refractivity contribution in [1.29, 1.82) is 0 Å². The van der Waals surface area contributed by atoms with Gasteiger partial charge in [0.15, 0.2) is 0 Å². The van der Waals surface area contributed by atoms with Gasteiger partial charge >= 0.3 is 5.97 Å². The first-order chi connectivity index (χ1) is 5.70. The Kier molecular flexibility index (Phi) is 6.76. The molecule has 0 spiro atoms. The fourth-order valence-corrected chi connectivity index (χ4v) is 0.726. The molecule has 12 heavy (non-hydrogen) atoms. The molecule has 0 aromatic heterocycles. The summed E-state index contributed by atoms with van der Waals surface area (Å²) in [5.74, 6) is -0.294. The zero-order chi connectivity index (χ0) is 9.40. The molecule has 0 saturated carbocycles. The van der Waals surface area contributed by atoms with E-state index in [4.69, 9.17) is 9.84 Å². The molecule has 0 saturated heterocycles. The van der Waals surface area contributed by atoms with E-state index in [0.717, 1.165) is 12.8 Å². The monoisotopic (exact) mass is 174 g/mol. The van der Waals surface area contributed by atoms with Crippen LogP contribution in [0.4, 0.5) is 0 Å². The third-order valence-electron chi connectivity index (χ3n) is 1.63. The predicted molar refractivity (Wildman–Crippen MR) is 46.8 cm³/mol. The fraction of sp³-hybridized carbons (Fsp3) is 0.889. The van der Waals surface area contributed by atoms with Crippen LogP contribution in [0.15, 0.2) is 0 Å². The van der Waals surface area contributed by atoms with Crippen LogP contribution in [0.2, 0.25) is 0 Å². The fourth-order valence-electron chi connectivity index (χ4n) is 0.726. The van der Waals surface area contributed by atoms with Crippen molar-refractivity contribution in [3.63, 3.8) is 0 Å². The van der Waals surface area contributed by atoms with Gasteiger partial charge in [-0.3, -0.25) is 4.79 Å². The molecule has 3 nitrogen and oxygen atoms in total. The molecule has 0 amide bonds. The van der Waals surface area contributed by atoms with E-state index in [1.807, 2.05) is 13.8 Å². The van der Waals surface area contributed by atoms with Crippen molar-refractivity contribution in [3.05, 3.63) is 0 Å². The molecule has 0 rings (SSSR count). The summed E-state index contributed by atoms with van der Waals surface area (Å²) in [6.45, 7) is 4.35.